The SMILES string of the molecule is CC(C)c1ccc(S(=O)(=O)Nc2ccc(C(C)CC=N)nc2)cc1. The second kappa shape index (κ2) is 7.57. The fourth-order valence-corrected chi connectivity index (χ4v) is 3.34. The largest absolute Gasteiger partial charge is 0.313 e. The Morgan fingerprint density at radius 2 is 1.79 bits per heavy atom. The van der Waals surface area contributed by atoms with Gasteiger partial charge in [-0.1, -0.05) is 32.9 Å². The van der Waals surface area contributed by atoms with Crippen LogP contribution in [-0.4, -0.2) is 19.6 Å². The number of hydrogen-bond acceptors (Lipinski definition) is 4. The molecule has 24 heavy (non-hydrogen) atoms. The van der Waals surface area contributed by atoms with E-state index >= 15 is 0 Å². The predicted octanol–water partition coefficient (Wildman–Crippen LogP) is 4.15. The highest BCUT2D eigenvalue weighted by Crippen LogP contribution is 2.21. The van der Waals surface area contributed by atoms with Crippen molar-refractivity contribution in [2.24, 2.45) is 0 Å². The Hall–Kier alpha value is -2.21. The lowest BCUT2D eigenvalue weighted by molar-refractivity contribution is 0.601. The second-order valence-corrected chi connectivity index (χ2v) is 7.82. The molecule has 2 rings (SSSR count). The topological polar surface area (TPSA) is 82.9 Å². The van der Waals surface area contributed by atoms with Gasteiger partial charge in [0.2, 0.25) is 0 Å². The average molecular weight is 345 g/mol. The Morgan fingerprint density at radius 3 is 2.29 bits per heavy atom. The molecule has 5 nitrogen and oxygen atoms in total. The van der Waals surface area contributed by atoms with Crippen molar-refractivity contribution in [2.75, 3.05) is 4.72 Å². The lowest BCUT2D eigenvalue weighted by Crippen LogP contribution is -2.13. The van der Waals surface area contributed by atoms with Gasteiger partial charge in [0.15, 0.2) is 0 Å². The standard InChI is InChI=1S/C18H23N3O2S/c1-13(2)15-4-7-17(8-5-15)24(22,23)21-16-6-9-18(20-12-16)14(3)10-11-19/h4-9,11-14,19,21H,10H2,1-3H3. The van der Waals surface area contributed by atoms with Crippen molar-refractivity contribution in [3.05, 3.63) is 53.9 Å². The molecule has 2 N–H and O–H groups in total. The van der Waals surface area contributed by atoms with Crippen LogP contribution in [0.5, 0.6) is 0 Å². The number of aromatic nitrogens is 1. The van der Waals surface area contributed by atoms with Gasteiger partial charge in [-0.05, 0) is 48.4 Å². The molecule has 128 valence electrons. The molecule has 1 heterocycles. The predicted molar refractivity (Wildman–Crippen MR) is 97.4 cm³/mol. The summed E-state index contributed by atoms with van der Waals surface area (Å²) in [7, 11) is -3.63. The van der Waals surface area contributed by atoms with E-state index in [0.717, 1.165) is 11.3 Å². The lowest BCUT2D eigenvalue weighted by atomic mass is 10.0. The summed E-state index contributed by atoms with van der Waals surface area (Å²) in [6.07, 6.45) is 3.47. The van der Waals surface area contributed by atoms with Gasteiger partial charge in [-0.3, -0.25) is 9.71 Å². The van der Waals surface area contributed by atoms with E-state index in [2.05, 4.69) is 23.6 Å². The first-order chi connectivity index (χ1) is 11.3. The summed E-state index contributed by atoms with van der Waals surface area (Å²) < 4.78 is 27.4. The zero-order valence-electron chi connectivity index (χ0n) is 14.2. The minimum atomic E-state index is -3.63. The van der Waals surface area contributed by atoms with Crippen LogP contribution in [0.2, 0.25) is 0 Å². The Kier molecular flexibility index (Phi) is 5.72. The van der Waals surface area contributed by atoms with E-state index in [1.165, 1.54) is 12.4 Å². The van der Waals surface area contributed by atoms with E-state index in [4.69, 9.17) is 5.41 Å². The van der Waals surface area contributed by atoms with Crippen molar-refractivity contribution in [3.8, 4) is 0 Å². The van der Waals surface area contributed by atoms with Crippen LogP contribution in [0.15, 0.2) is 47.5 Å². The monoisotopic (exact) mass is 345 g/mol. The van der Waals surface area contributed by atoms with E-state index in [-0.39, 0.29) is 10.8 Å². The van der Waals surface area contributed by atoms with Gasteiger partial charge in [0, 0.05) is 11.6 Å². The van der Waals surface area contributed by atoms with Crippen molar-refractivity contribution in [1.82, 2.24) is 4.98 Å². The summed E-state index contributed by atoms with van der Waals surface area (Å²) >= 11 is 0. The molecule has 1 aromatic carbocycles. The number of benzene rings is 1. The van der Waals surface area contributed by atoms with Crippen LogP contribution in [0.25, 0.3) is 0 Å². The van der Waals surface area contributed by atoms with E-state index in [1.807, 2.05) is 19.1 Å². The zero-order valence-corrected chi connectivity index (χ0v) is 15.0. The van der Waals surface area contributed by atoms with Crippen molar-refractivity contribution < 1.29 is 8.42 Å². The zero-order chi connectivity index (χ0) is 17.7. The number of anilines is 1. The van der Waals surface area contributed by atoms with Crippen molar-refractivity contribution in [2.45, 2.75) is 43.9 Å². The Morgan fingerprint density at radius 1 is 1.12 bits per heavy atom. The fraction of sp³-hybridized carbons (Fsp3) is 0.333. The van der Waals surface area contributed by atoms with E-state index in [0.29, 0.717) is 18.0 Å². The third-order valence-electron chi connectivity index (χ3n) is 3.87. The first-order valence-electron chi connectivity index (χ1n) is 7.91. The number of rotatable bonds is 7. The Bertz CT molecular complexity index is 782. The summed E-state index contributed by atoms with van der Waals surface area (Å²) in [6.45, 7) is 6.11. The number of hydrogen-bond donors (Lipinski definition) is 2. The first kappa shape index (κ1) is 18.1. The molecule has 0 saturated heterocycles. The normalized spacial score (nSPS) is 12.8. The third-order valence-corrected chi connectivity index (χ3v) is 5.27. The maximum Gasteiger partial charge on any atom is 0.261 e. The van der Waals surface area contributed by atoms with Crippen LogP contribution in [0.4, 0.5) is 5.69 Å². The molecule has 1 atom stereocenters. The average Bonchev–Trinajstić information content (AvgIpc) is 2.55. The summed E-state index contributed by atoms with van der Waals surface area (Å²) in [6, 6.07) is 10.4. The van der Waals surface area contributed by atoms with Crippen molar-refractivity contribution in [1.29, 1.82) is 5.41 Å². The number of nitrogens with zero attached hydrogens (tertiary/aromatic N) is 1. The summed E-state index contributed by atoms with van der Waals surface area (Å²) in [4.78, 5) is 4.51. The molecule has 1 unspecified atom stereocenters. The molecule has 6 heteroatoms. The Labute approximate surface area is 143 Å². The molecule has 0 fully saturated rings. The highest BCUT2D eigenvalue weighted by molar-refractivity contribution is 7.92. The van der Waals surface area contributed by atoms with E-state index in [9.17, 15) is 8.42 Å². The van der Waals surface area contributed by atoms with Crippen LogP contribution in [0.3, 0.4) is 0 Å². The summed E-state index contributed by atoms with van der Waals surface area (Å²) in [5, 5.41) is 7.13. The molecule has 0 spiro atoms. The van der Waals surface area contributed by atoms with Gasteiger partial charge in [0.05, 0.1) is 16.8 Å². The number of pyridine rings is 1. The highest BCUT2D eigenvalue weighted by Gasteiger charge is 2.15. The molecule has 0 aliphatic carbocycles. The second-order valence-electron chi connectivity index (χ2n) is 6.14. The smallest absolute Gasteiger partial charge is 0.261 e. The van der Waals surface area contributed by atoms with Crippen LogP contribution >= 0.6 is 0 Å². The minimum Gasteiger partial charge on any atom is -0.313 e. The molecule has 0 saturated carbocycles. The molecular weight excluding hydrogens is 322 g/mol. The van der Waals surface area contributed by atoms with E-state index < -0.39 is 10.0 Å². The van der Waals surface area contributed by atoms with Gasteiger partial charge < -0.3 is 5.41 Å². The van der Waals surface area contributed by atoms with Gasteiger partial charge in [-0.15, -0.1) is 0 Å². The maximum absolute atomic E-state index is 12.4. The summed E-state index contributed by atoms with van der Waals surface area (Å²) in [5.74, 6) is 0.492. The molecular formula is C18H23N3O2S. The van der Waals surface area contributed by atoms with Crippen LogP contribution in [0.1, 0.15) is 50.3 Å². The maximum atomic E-state index is 12.4. The highest BCUT2D eigenvalue weighted by atomic mass is 32.2. The molecule has 2 aromatic rings. The van der Waals surface area contributed by atoms with Gasteiger partial charge in [0.1, 0.15) is 0 Å². The minimum absolute atomic E-state index is 0.136. The van der Waals surface area contributed by atoms with Gasteiger partial charge in [0.25, 0.3) is 10.0 Å². The van der Waals surface area contributed by atoms with Gasteiger partial charge in [-0.25, -0.2) is 8.42 Å². The van der Waals surface area contributed by atoms with Gasteiger partial charge in [-0.2, -0.15) is 0 Å². The first-order valence-corrected chi connectivity index (χ1v) is 9.39. The van der Waals surface area contributed by atoms with Crippen LogP contribution in [-0.2, 0) is 10.0 Å². The molecule has 1 aromatic heterocycles. The molecule has 0 amide bonds. The quantitative estimate of drug-likeness (QED) is 0.740. The molecule has 0 bridgehead atoms. The van der Waals surface area contributed by atoms with Crippen molar-refractivity contribution >= 4 is 21.9 Å². The molecule has 0 aliphatic heterocycles. The number of sulfonamides is 1. The number of nitrogens with one attached hydrogen (secondary N) is 2. The lowest BCUT2D eigenvalue weighted by Gasteiger charge is -2.11. The van der Waals surface area contributed by atoms with Gasteiger partial charge >= 0.3 is 0 Å². The molecule has 0 aliphatic rings. The van der Waals surface area contributed by atoms with Crippen molar-refractivity contribution in [3.63, 3.8) is 0 Å². The summed E-state index contributed by atoms with van der Waals surface area (Å²) in [5.41, 5.74) is 2.36. The van der Waals surface area contributed by atoms with Crippen LogP contribution < -0.4 is 4.72 Å². The molecule has 0 radical (unpaired) electrons. The Balaban J connectivity index is 2.15. The fourth-order valence-electron chi connectivity index (χ4n) is 2.30. The van der Waals surface area contributed by atoms with Crippen LogP contribution in [0, 0.1) is 5.41 Å². The third kappa shape index (κ3) is 4.41. The van der Waals surface area contributed by atoms with E-state index in [1.54, 1.807) is 24.3 Å².